The first-order valence-corrected chi connectivity index (χ1v) is 7.60. The predicted molar refractivity (Wildman–Crippen MR) is 82.0 cm³/mol. The first-order valence-electron chi connectivity index (χ1n) is 7.60. The fourth-order valence-electron chi connectivity index (χ4n) is 2.84. The summed E-state index contributed by atoms with van der Waals surface area (Å²) in [5.74, 6) is -0.887. The Morgan fingerprint density at radius 1 is 1.38 bits per heavy atom. The van der Waals surface area contributed by atoms with E-state index >= 15 is 0 Å². The molecule has 24 heavy (non-hydrogen) atoms. The quantitative estimate of drug-likeness (QED) is 0.729. The minimum atomic E-state index is -0.641. The van der Waals surface area contributed by atoms with Crippen LogP contribution in [0, 0.1) is 0 Å². The van der Waals surface area contributed by atoms with E-state index in [1.165, 1.54) is 11.9 Å². The second kappa shape index (κ2) is 6.31. The Hall–Kier alpha value is -2.90. The molecule has 0 bridgehead atoms. The molecule has 126 valence electrons. The van der Waals surface area contributed by atoms with Gasteiger partial charge in [0.05, 0.1) is 0 Å². The highest BCUT2D eigenvalue weighted by Gasteiger charge is 2.39. The molecule has 1 unspecified atom stereocenters. The van der Waals surface area contributed by atoms with Gasteiger partial charge >= 0.3 is 0 Å². The van der Waals surface area contributed by atoms with E-state index in [-0.39, 0.29) is 30.7 Å². The van der Waals surface area contributed by atoms with Gasteiger partial charge in [-0.2, -0.15) is 0 Å². The summed E-state index contributed by atoms with van der Waals surface area (Å²) in [5, 5.41) is 4.71. The maximum atomic E-state index is 12.6. The number of ether oxygens (including phenoxy) is 1. The molecule has 4 amide bonds. The van der Waals surface area contributed by atoms with Crippen molar-refractivity contribution in [2.45, 2.75) is 25.4 Å². The number of piperidine rings is 1. The molecule has 3 rings (SSSR count). The molecular formula is C16H17N3O5. The summed E-state index contributed by atoms with van der Waals surface area (Å²) < 4.78 is 5.34. The largest absolute Gasteiger partial charge is 0.484 e. The highest BCUT2D eigenvalue weighted by molar-refractivity contribution is 6.05. The van der Waals surface area contributed by atoms with Gasteiger partial charge in [0.15, 0.2) is 6.61 Å². The van der Waals surface area contributed by atoms with E-state index < -0.39 is 11.9 Å². The molecule has 0 aromatic heterocycles. The fourth-order valence-corrected chi connectivity index (χ4v) is 2.84. The molecule has 2 aliphatic rings. The summed E-state index contributed by atoms with van der Waals surface area (Å²) in [5.41, 5.74) is 1.24. The molecule has 2 N–H and O–H groups in total. The second-order valence-corrected chi connectivity index (χ2v) is 5.68. The number of amides is 4. The predicted octanol–water partition coefficient (Wildman–Crippen LogP) is -0.428. The molecule has 2 aliphatic heterocycles. The third-order valence-electron chi connectivity index (χ3n) is 4.15. The van der Waals surface area contributed by atoms with Crippen molar-refractivity contribution in [2.24, 2.45) is 0 Å². The molecule has 0 spiro atoms. The molecule has 8 nitrogen and oxygen atoms in total. The molecule has 0 aliphatic carbocycles. The van der Waals surface area contributed by atoms with Crippen LogP contribution < -0.4 is 15.4 Å². The van der Waals surface area contributed by atoms with Crippen LogP contribution in [0.4, 0.5) is 0 Å². The molecule has 0 radical (unpaired) electrons. The maximum Gasteiger partial charge on any atom is 0.257 e. The van der Waals surface area contributed by atoms with Crippen molar-refractivity contribution in [1.82, 2.24) is 15.5 Å². The molecule has 2 heterocycles. The lowest BCUT2D eigenvalue weighted by atomic mass is 10.0. The third-order valence-corrected chi connectivity index (χ3v) is 4.15. The number of benzene rings is 1. The van der Waals surface area contributed by atoms with Crippen molar-refractivity contribution in [3.05, 3.63) is 29.3 Å². The van der Waals surface area contributed by atoms with Crippen molar-refractivity contribution in [3.8, 4) is 5.75 Å². The molecule has 1 saturated heterocycles. The average molecular weight is 331 g/mol. The van der Waals surface area contributed by atoms with Gasteiger partial charge in [-0.3, -0.25) is 24.5 Å². The average Bonchev–Trinajstić information content (AvgIpc) is 2.89. The number of carbonyl (C=O) groups is 4. The summed E-state index contributed by atoms with van der Waals surface area (Å²) >= 11 is 0. The van der Waals surface area contributed by atoms with E-state index in [2.05, 4.69) is 10.6 Å². The lowest BCUT2D eigenvalue weighted by molar-refractivity contribution is -0.137. The van der Waals surface area contributed by atoms with Crippen molar-refractivity contribution >= 4 is 23.6 Å². The van der Waals surface area contributed by atoms with E-state index in [9.17, 15) is 19.2 Å². The van der Waals surface area contributed by atoms with Crippen molar-refractivity contribution in [2.75, 3.05) is 13.7 Å². The minimum absolute atomic E-state index is 0.139. The summed E-state index contributed by atoms with van der Waals surface area (Å²) in [6.45, 7) is 0.177. The van der Waals surface area contributed by atoms with Crippen LogP contribution in [-0.2, 0) is 20.9 Å². The van der Waals surface area contributed by atoms with Gasteiger partial charge in [-0.05, 0) is 24.1 Å². The highest BCUT2D eigenvalue weighted by atomic mass is 16.5. The number of nitrogens with one attached hydrogen (secondary N) is 2. The van der Waals surface area contributed by atoms with Gasteiger partial charge in [-0.25, -0.2) is 0 Å². The number of carbonyl (C=O) groups excluding carboxylic acids is 4. The van der Waals surface area contributed by atoms with Crippen LogP contribution in [0.3, 0.4) is 0 Å². The third kappa shape index (κ3) is 2.94. The van der Waals surface area contributed by atoms with Gasteiger partial charge in [0.1, 0.15) is 11.8 Å². The summed E-state index contributed by atoms with van der Waals surface area (Å²) in [6.07, 6.45) is 0.543. The number of imide groups is 1. The number of hydrogen-bond acceptors (Lipinski definition) is 5. The molecule has 0 saturated carbocycles. The highest BCUT2D eigenvalue weighted by Crippen LogP contribution is 2.30. The van der Waals surface area contributed by atoms with Crippen LogP contribution in [-0.4, -0.2) is 48.2 Å². The first kappa shape index (κ1) is 16.0. The Kier molecular flexibility index (Phi) is 4.20. The lowest BCUT2D eigenvalue weighted by Crippen LogP contribution is -2.52. The second-order valence-electron chi connectivity index (χ2n) is 5.68. The Balaban J connectivity index is 1.74. The van der Waals surface area contributed by atoms with Crippen molar-refractivity contribution < 1.29 is 23.9 Å². The van der Waals surface area contributed by atoms with Gasteiger partial charge in [0, 0.05) is 25.6 Å². The van der Waals surface area contributed by atoms with Crippen molar-refractivity contribution in [3.63, 3.8) is 0 Å². The molecule has 1 atom stereocenters. The Labute approximate surface area is 138 Å². The zero-order chi connectivity index (χ0) is 17.3. The summed E-state index contributed by atoms with van der Waals surface area (Å²) in [7, 11) is 1.51. The zero-order valence-electron chi connectivity index (χ0n) is 13.1. The first-order chi connectivity index (χ1) is 11.5. The number of rotatable bonds is 4. The smallest absolute Gasteiger partial charge is 0.257 e. The van der Waals surface area contributed by atoms with Crippen LogP contribution in [0.5, 0.6) is 5.75 Å². The van der Waals surface area contributed by atoms with Gasteiger partial charge in [0.25, 0.3) is 11.8 Å². The number of hydrogen-bond donors (Lipinski definition) is 2. The van der Waals surface area contributed by atoms with E-state index in [1.807, 2.05) is 0 Å². The van der Waals surface area contributed by atoms with Crippen LogP contribution >= 0.6 is 0 Å². The molecule has 1 aromatic rings. The van der Waals surface area contributed by atoms with Crippen LogP contribution in [0.15, 0.2) is 18.2 Å². The van der Waals surface area contributed by atoms with Gasteiger partial charge in [0.2, 0.25) is 11.8 Å². The lowest BCUT2D eigenvalue weighted by Gasteiger charge is -2.29. The molecule has 8 heteroatoms. The van der Waals surface area contributed by atoms with Crippen molar-refractivity contribution in [1.29, 1.82) is 0 Å². The van der Waals surface area contributed by atoms with Crippen LogP contribution in [0.25, 0.3) is 0 Å². The topological polar surface area (TPSA) is 105 Å². The Morgan fingerprint density at radius 3 is 2.88 bits per heavy atom. The molecular weight excluding hydrogens is 314 g/mol. The van der Waals surface area contributed by atoms with E-state index in [0.717, 1.165) is 5.56 Å². The SMILES string of the molecule is CNC(=O)COc1ccc2c(c1)C(=O)N(C1CCC(=O)NC1=O)C2. The summed E-state index contributed by atoms with van der Waals surface area (Å²) in [6, 6.07) is 4.37. The Morgan fingerprint density at radius 2 is 2.17 bits per heavy atom. The van der Waals surface area contributed by atoms with Gasteiger partial charge in [-0.1, -0.05) is 6.07 Å². The number of fused-ring (bicyclic) bond motifs is 1. The number of nitrogens with zero attached hydrogens (tertiary/aromatic N) is 1. The molecule has 1 aromatic carbocycles. The number of likely N-dealkylation sites (N-methyl/N-ethyl adjacent to an activating group) is 1. The Bertz CT molecular complexity index is 730. The van der Waals surface area contributed by atoms with E-state index in [1.54, 1.807) is 18.2 Å². The fraction of sp³-hybridized carbons (Fsp3) is 0.375. The zero-order valence-corrected chi connectivity index (χ0v) is 13.1. The van der Waals surface area contributed by atoms with E-state index in [4.69, 9.17) is 4.74 Å². The van der Waals surface area contributed by atoms with Gasteiger partial charge in [-0.15, -0.1) is 0 Å². The van der Waals surface area contributed by atoms with Crippen LogP contribution in [0.2, 0.25) is 0 Å². The maximum absolute atomic E-state index is 12.6. The van der Waals surface area contributed by atoms with Crippen LogP contribution in [0.1, 0.15) is 28.8 Å². The van der Waals surface area contributed by atoms with E-state index in [0.29, 0.717) is 24.3 Å². The monoisotopic (exact) mass is 331 g/mol. The standard InChI is InChI=1S/C16H17N3O5/c1-17-14(21)8-24-10-3-2-9-7-19(16(23)11(9)6-10)12-4-5-13(20)18-15(12)22/h2-3,6,12H,4-5,7-8H2,1H3,(H,17,21)(H,18,20,22). The summed E-state index contributed by atoms with van der Waals surface area (Å²) in [4.78, 5) is 48.5. The minimum Gasteiger partial charge on any atom is -0.484 e. The molecule has 1 fully saturated rings. The normalized spacial score (nSPS) is 19.8. The van der Waals surface area contributed by atoms with Gasteiger partial charge < -0.3 is 15.0 Å².